The van der Waals surface area contributed by atoms with Crippen molar-refractivity contribution in [2.45, 2.75) is 6.43 Å². The van der Waals surface area contributed by atoms with Gasteiger partial charge in [-0.15, -0.1) is 0 Å². The topological polar surface area (TPSA) is 37.3 Å². The van der Waals surface area contributed by atoms with Crippen LogP contribution in [-0.2, 0) is 22.2 Å². The Morgan fingerprint density at radius 2 is 1.71 bits per heavy atom. The van der Waals surface area contributed by atoms with Crippen LogP contribution in [0.3, 0.4) is 0 Å². The molecular weight excluding hydrogens is 146 g/mol. The minimum Gasteiger partial charge on any atom is -0.477 e. The van der Waals surface area contributed by atoms with Crippen LogP contribution in [0.4, 0.5) is 8.78 Å². The molecule has 2 nitrogen and oxygen atoms in total. The van der Waals surface area contributed by atoms with E-state index in [1.54, 1.807) is 0 Å². The van der Waals surface area contributed by atoms with E-state index in [4.69, 9.17) is 9.90 Å². The van der Waals surface area contributed by atoms with Crippen molar-refractivity contribution in [3.05, 3.63) is 0 Å². The van der Waals surface area contributed by atoms with Gasteiger partial charge in [0.15, 0.2) is 0 Å². The number of alkyl halides is 2. The van der Waals surface area contributed by atoms with E-state index in [9.17, 15) is 8.78 Å². The molecule has 0 saturated carbocycles. The summed E-state index contributed by atoms with van der Waals surface area (Å²) in [6, 6.07) is 0. The van der Waals surface area contributed by atoms with Gasteiger partial charge in [0, 0.05) is 17.4 Å². The van der Waals surface area contributed by atoms with Crippen LogP contribution in [0.25, 0.3) is 0 Å². The first kappa shape index (κ1) is 9.98. The second-order valence-electron chi connectivity index (χ2n) is 0.639. The van der Waals surface area contributed by atoms with E-state index in [0.717, 1.165) is 0 Å². The van der Waals surface area contributed by atoms with E-state index < -0.39 is 12.4 Å². The van der Waals surface area contributed by atoms with Gasteiger partial charge >= 0.3 is 12.4 Å². The van der Waals surface area contributed by atoms with E-state index in [1.807, 2.05) is 0 Å². The van der Waals surface area contributed by atoms with Crippen LogP contribution in [0, 0.1) is 0 Å². The average molecular weight is 148 g/mol. The van der Waals surface area contributed by atoms with Crippen LogP contribution < -0.4 is 0 Å². The van der Waals surface area contributed by atoms with Crippen molar-refractivity contribution in [3.63, 3.8) is 0 Å². The Bertz CT molecular complexity index is 64.7. The number of carbonyl (C=O) groups is 1. The number of halogens is 2. The molecular formula is C2H2CrF2O2. The summed E-state index contributed by atoms with van der Waals surface area (Å²) in [6.45, 7) is 0. The molecule has 0 heterocycles. The molecule has 0 aromatic carbocycles. The van der Waals surface area contributed by atoms with E-state index in [0.29, 0.717) is 0 Å². The van der Waals surface area contributed by atoms with Crippen molar-refractivity contribution in [2.75, 3.05) is 0 Å². The van der Waals surface area contributed by atoms with Gasteiger partial charge in [0.1, 0.15) is 0 Å². The van der Waals surface area contributed by atoms with Crippen molar-refractivity contribution in [2.24, 2.45) is 0 Å². The molecule has 0 rings (SSSR count). The molecule has 0 radical (unpaired) electrons. The molecule has 0 aliphatic rings. The molecule has 0 spiro atoms. The Hall–Kier alpha value is -0.138. The smallest absolute Gasteiger partial charge is 0.371 e. The summed E-state index contributed by atoms with van der Waals surface area (Å²) in [6.07, 6.45) is -3.23. The fraction of sp³-hybridized carbons (Fsp3) is 0.500. The third-order valence-electron chi connectivity index (χ3n) is 0.187. The van der Waals surface area contributed by atoms with Crippen LogP contribution in [0.2, 0.25) is 0 Å². The molecule has 42 valence electrons. The standard InChI is InChI=1S/C2H2F2O2.Cr/c3-1(4)2(5)6;/h1H,(H,5,6);. The zero-order valence-corrected chi connectivity index (χ0v) is 4.37. The third-order valence-corrected chi connectivity index (χ3v) is 0.187. The van der Waals surface area contributed by atoms with Gasteiger partial charge in [-0.2, -0.15) is 8.78 Å². The molecule has 1 N–H and O–H groups in total. The van der Waals surface area contributed by atoms with Gasteiger partial charge in [-0.1, -0.05) is 0 Å². The summed E-state index contributed by atoms with van der Waals surface area (Å²) < 4.78 is 21.1. The molecule has 0 bridgehead atoms. The summed E-state index contributed by atoms with van der Waals surface area (Å²) in [5.41, 5.74) is 0. The Kier molecular flexibility index (Phi) is 5.75. The predicted molar refractivity (Wildman–Crippen MR) is 13.6 cm³/mol. The number of carboxylic acid groups (broad SMARTS) is 1. The molecule has 0 atom stereocenters. The van der Waals surface area contributed by atoms with E-state index >= 15 is 0 Å². The molecule has 0 fully saturated rings. The summed E-state index contributed by atoms with van der Waals surface area (Å²) in [7, 11) is 0. The normalized spacial score (nSPS) is 7.86. The SMILES string of the molecule is O=C(O)C(F)F.[Cr]. The van der Waals surface area contributed by atoms with Gasteiger partial charge in [0.2, 0.25) is 0 Å². The Labute approximate surface area is 49.3 Å². The summed E-state index contributed by atoms with van der Waals surface area (Å²) >= 11 is 0. The van der Waals surface area contributed by atoms with Crippen molar-refractivity contribution >= 4 is 5.97 Å². The van der Waals surface area contributed by atoms with E-state index in [-0.39, 0.29) is 17.4 Å². The molecule has 0 aromatic rings. The number of carboxylic acids is 1. The monoisotopic (exact) mass is 148 g/mol. The number of hydrogen-bond donors (Lipinski definition) is 1. The number of aliphatic carboxylic acids is 1. The fourth-order valence-corrected chi connectivity index (χ4v) is 0. The zero-order chi connectivity index (χ0) is 5.15. The van der Waals surface area contributed by atoms with Gasteiger partial charge < -0.3 is 5.11 Å². The zero-order valence-electron chi connectivity index (χ0n) is 3.10. The van der Waals surface area contributed by atoms with Gasteiger partial charge in [0.05, 0.1) is 0 Å². The Morgan fingerprint density at radius 1 is 1.57 bits per heavy atom. The van der Waals surface area contributed by atoms with Gasteiger partial charge in [-0.05, 0) is 0 Å². The summed E-state index contributed by atoms with van der Waals surface area (Å²) in [4.78, 5) is 8.95. The van der Waals surface area contributed by atoms with Crippen molar-refractivity contribution < 1.29 is 36.0 Å². The Morgan fingerprint density at radius 3 is 1.71 bits per heavy atom. The first-order valence-corrected chi connectivity index (χ1v) is 1.15. The Balaban J connectivity index is 0. The molecule has 0 unspecified atom stereocenters. The maximum absolute atomic E-state index is 10.6. The largest absolute Gasteiger partial charge is 0.477 e. The van der Waals surface area contributed by atoms with Crippen molar-refractivity contribution in [3.8, 4) is 0 Å². The number of hydrogen-bond acceptors (Lipinski definition) is 1. The first-order chi connectivity index (χ1) is 2.64. The molecule has 0 aromatic heterocycles. The van der Waals surface area contributed by atoms with Gasteiger partial charge in [-0.25, -0.2) is 4.79 Å². The molecule has 5 heteroatoms. The average Bonchev–Trinajstić information content (AvgIpc) is 1.36. The van der Waals surface area contributed by atoms with Crippen LogP contribution in [0.15, 0.2) is 0 Å². The van der Waals surface area contributed by atoms with Gasteiger partial charge in [0.25, 0.3) is 0 Å². The first-order valence-electron chi connectivity index (χ1n) is 1.15. The minimum absolute atomic E-state index is 0. The maximum Gasteiger partial charge on any atom is 0.371 e. The minimum atomic E-state index is -3.23. The van der Waals surface area contributed by atoms with E-state index in [1.165, 1.54) is 0 Å². The molecule has 0 aliphatic heterocycles. The fourth-order valence-electron chi connectivity index (χ4n) is 0. The maximum atomic E-state index is 10.6. The van der Waals surface area contributed by atoms with Crippen molar-refractivity contribution in [1.82, 2.24) is 0 Å². The van der Waals surface area contributed by atoms with Crippen LogP contribution in [0.1, 0.15) is 0 Å². The summed E-state index contributed by atoms with van der Waals surface area (Å²) in [5, 5.41) is 7.24. The molecule has 0 saturated heterocycles. The summed E-state index contributed by atoms with van der Waals surface area (Å²) in [5.74, 6) is -2.07. The molecule has 0 amide bonds. The second-order valence-corrected chi connectivity index (χ2v) is 0.639. The molecule has 7 heavy (non-hydrogen) atoms. The van der Waals surface area contributed by atoms with Gasteiger partial charge in [-0.3, -0.25) is 0 Å². The van der Waals surface area contributed by atoms with Crippen LogP contribution in [-0.4, -0.2) is 17.5 Å². The molecule has 0 aliphatic carbocycles. The number of rotatable bonds is 1. The van der Waals surface area contributed by atoms with Crippen LogP contribution in [0.5, 0.6) is 0 Å². The quantitative estimate of drug-likeness (QED) is 0.581. The van der Waals surface area contributed by atoms with Crippen molar-refractivity contribution in [1.29, 1.82) is 0 Å². The predicted octanol–water partition coefficient (Wildman–Crippen LogP) is 0.334. The van der Waals surface area contributed by atoms with Crippen LogP contribution >= 0.6 is 0 Å². The third kappa shape index (κ3) is 5.86. The second kappa shape index (κ2) is 4.03. The van der Waals surface area contributed by atoms with E-state index in [2.05, 4.69) is 0 Å².